The standard InChI is InChI=1S/C22H41N3O3/c1-3-23-21(24-12-8-13-26-16-18-9-14-27-17-18)25-19-15-20(28-4-2)22(19)10-6-5-7-11-22/h18-20H,3-17H2,1-2H3,(H2,23,24,25). The normalized spacial score (nSPS) is 29.6. The lowest BCUT2D eigenvalue weighted by Gasteiger charge is -2.58. The second kappa shape index (κ2) is 11.4. The van der Waals surface area contributed by atoms with Crippen LogP contribution in [0.15, 0.2) is 4.99 Å². The van der Waals surface area contributed by atoms with Gasteiger partial charge in [-0.25, -0.2) is 0 Å². The Hall–Kier alpha value is -0.850. The molecule has 1 saturated heterocycles. The Kier molecular flexibility index (Phi) is 8.87. The topological polar surface area (TPSA) is 64.1 Å². The van der Waals surface area contributed by atoms with Crippen molar-refractivity contribution < 1.29 is 14.2 Å². The van der Waals surface area contributed by atoms with Gasteiger partial charge in [-0.05, 0) is 46.0 Å². The second-order valence-electron chi connectivity index (χ2n) is 8.59. The van der Waals surface area contributed by atoms with Gasteiger partial charge in [0.1, 0.15) is 0 Å². The van der Waals surface area contributed by atoms with Crippen LogP contribution >= 0.6 is 0 Å². The molecule has 0 aromatic heterocycles. The molecule has 0 bridgehead atoms. The van der Waals surface area contributed by atoms with Gasteiger partial charge in [-0.3, -0.25) is 4.99 Å². The SMILES string of the molecule is CCNC(=NCCCOCC1CCOC1)NC1CC(OCC)C12CCCCC2. The Bertz CT molecular complexity index is 474. The number of hydrogen-bond donors (Lipinski definition) is 2. The van der Waals surface area contributed by atoms with Crippen molar-refractivity contribution in [1.82, 2.24) is 10.6 Å². The van der Waals surface area contributed by atoms with Crippen molar-refractivity contribution in [2.24, 2.45) is 16.3 Å². The van der Waals surface area contributed by atoms with Crippen LogP contribution in [0, 0.1) is 11.3 Å². The minimum absolute atomic E-state index is 0.316. The van der Waals surface area contributed by atoms with E-state index in [1.807, 2.05) is 0 Å². The molecule has 0 aromatic carbocycles. The average Bonchev–Trinajstić information content (AvgIpc) is 3.24. The minimum Gasteiger partial charge on any atom is -0.381 e. The van der Waals surface area contributed by atoms with Crippen LogP contribution in [-0.2, 0) is 14.2 Å². The Balaban J connectivity index is 1.43. The Morgan fingerprint density at radius 3 is 2.79 bits per heavy atom. The highest BCUT2D eigenvalue weighted by Crippen LogP contribution is 2.53. The number of aliphatic imine (C=N–C) groups is 1. The summed E-state index contributed by atoms with van der Waals surface area (Å²) in [5.74, 6) is 1.54. The van der Waals surface area contributed by atoms with Crippen LogP contribution in [0.1, 0.15) is 65.2 Å². The molecule has 3 fully saturated rings. The molecule has 2 aliphatic carbocycles. The summed E-state index contributed by atoms with van der Waals surface area (Å²) in [5, 5.41) is 7.17. The molecule has 3 aliphatic rings. The zero-order chi connectivity index (χ0) is 19.7. The smallest absolute Gasteiger partial charge is 0.191 e. The predicted molar refractivity (Wildman–Crippen MR) is 113 cm³/mol. The first-order chi connectivity index (χ1) is 13.8. The molecule has 28 heavy (non-hydrogen) atoms. The van der Waals surface area contributed by atoms with Gasteiger partial charge in [-0.1, -0.05) is 19.3 Å². The predicted octanol–water partition coefficient (Wildman–Crippen LogP) is 3.11. The lowest BCUT2D eigenvalue weighted by atomic mass is 9.55. The third-order valence-corrected chi connectivity index (χ3v) is 6.69. The molecule has 3 unspecified atom stereocenters. The fraction of sp³-hybridized carbons (Fsp3) is 0.955. The van der Waals surface area contributed by atoms with Crippen molar-refractivity contribution in [2.75, 3.05) is 46.1 Å². The lowest BCUT2D eigenvalue weighted by Crippen LogP contribution is -2.66. The van der Waals surface area contributed by atoms with Gasteiger partial charge in [0.05, 0.1) is 19.3 Å². The summed E-state index contributed by atoms with van der Waals surface area (Å²) in [4.78, 5) is 4.80. The van der Waals surface area contributed by atoms with Crippen molar-refractivity contribution in [3.05, 3.63) is 0 Å². The second-order valence-corrected chi connectivity index (χ2v) is 8.59. The Morgan fingerprint density at radius 2 is 2.07 bits per heavy atom. The molecule has 6 heteroatoms. The monoisotopic (exact) mass is 395 g/mol. The quantitative estimate of drug-likeness (QED) is 0.338. The number of hydrogen-bond acceptors (Lipinski definition) is 4. The molecule has 3 atom stereocenters. The van der Waals surface area contributed by atoms with Crippen molar-refractivity contribution in [1.29, 1.82) is 0 Å². The van der Waals surface area contributed by atoms with E-state index in [1.54, 1.807) is 0 Å². The van der Waals surface area contributed by atoms with E-state index in [0.717, 1.165) is 71.3 Å². The van der Waals surface area contributed by atoms with Crippen molar-refractivity contribution in [3.63, 3.8) is 0 Å². The largest absolute Gasteiger partial charge is 0.381 e. The highest BCUT2D eigenvalue weighted by Gasteiger charge is 2.55. The van der Waals surface area contributed by atoms with Crippen LogP contribution in [0.2, 0.25) is 0 Å². The molecule has 1 aliphatic heterocycles. The van der Waals surface area contributed by atoms with E-state index in [4.69, 9.17) is 19.2 Å². The Labute approximate surface area is 171 Å². The maximum Gasteiger partial charge on any atom is 0.191 e. The molecule has 0 radical (unpaired) electrons. The van der Waals surface area contributed by atoms with Gasteiger partial charge in [-0.2, -0.15) is 0 Å². The summed E-state index contributed by atoms with van der Waals surface area (Å²) >= 11 is 0. The van der Waals surface area contributed by atoms with Crippen molar-refractivity contribution >= 4 is 5.96 Å². The molecule has 162 valence electrons. The summed E-state index contributed by atoms with van der Waals surface area (Å²) in [6.07, 6.45) is 10.2. The molecular weight excluding hydrogens is 354 g/mol. The van der Waals surface area contributed by atoms with Gasteiger partial charge in [0, 0.05) is 50.3 Å². The molecule has 2 saturated carbocycles. The Morgan fingerprint density at radius 1 is 1.21 bits per heavy atom. The number of rotatable bonds is 10. The third kappa shape index (κ3) is 5.61. The summed E-state index contributed by atoms with van der Waals surface area (Å²) in [5.41, 5.74) is 0.316. The van der Waals surface area contributed by atoms with Crippen molar-refractivity contribution in [3.8, 4) is 0 Å². The van der Waals surface area contributed by atoms with E-state index in [9.17, 15) is 0 Å². The fourth-order valence-corrected chi connectivity index (χ4v) is 5.07. The van der Waals surface area contributed by atoms with Crippen LogP contribution in [0.4, 0.5) is 0 Å². The summed E-state index contributed by atoms with van der Waals surface area (Å²) in [6, 6.07) is 0.487. The van der Waals surface area contributed by atoms with Crippen LogP contribution in [0.25, 0.3) is 0 Å². The number of nitrogens with one attached hydrogen (secondary N) is 2. The highest BCUT2D eigenvalue weighted by molar-refractivity contribution is 5.80. The summed E-state index contributed by atoms with van der Waals surface area (Å²) < 4.78 is 17.3. The van der Waals surface area contributed by atoms with E-state index in [0.29, 0.717) is 23.5 Å². The van der Waals surface area contributed by atoms with Crippen LogP contribution in [-0.4, -0.2) is 64.2 Å². The van der Waals surface area contributed by atoms with Gasteiger partial charge in [0.15, 0.2) is 5.96 Å². The summed E-state index contributed by atoms with van der Waals surface area (Å²) in [6.45, 7) is 10.1. The van der Waals surface area contributed by atoms with Gasteiger partial charge in [0.2, 0.25) is 0 Å². The fourth-order valence-electron chi connectivity index (χ4n) is 5.07. The lowest BCUT2D eigenvalue weighted by molar-refractivity contribution is -0.145. The molecular formula is C22H41N3O3. The number of ether oxygens (including phenoxy) is 3. The van der Waals surface area contributed by atoms with E-state index in [1.165, 1.54) is 32.1 Å². The zero-order valence-corrected chi connectivity index (χ0v) is 18.0. The molecule has 0 aromatic rings. The maximum atomic E-state index is 6.08. The minimum atomic E-state index is 0.316. The van der Waals surface area contributed by atoms with E-state index >= 15 is 0 Å². The van der Waals surface area contributed by atoms with Gasteiger partial charge < -0.3 is 24.8 Å². The van der Waals surface area contributed by atoms with Crippen molar-refractivity contribution in [2.45, 2.75) is 77.4 Å². The summed E-state index contributed by atoms with van der Waals surface area (Å²) in [7, 11) is 0. The van der Waals surface area contributed by atoms with E-state index < -0.39 is 0 Å². The molecule has 0 amide bonds. The first kappa shape index (κ1) is 21.8. The highest BCUT2D eigenvalue weighted by atomic mass is 16.5. The molecule has 2 N–H and O–H groups in total. The first-order valence-electron chi connectivity index (χ1n) is 11.6. The maximum absolute atomic E-state index is 6.08. The van der Waals surface area contributed by atoms with E-state index in [2.05, 4.69) is 24.5 Å². The molecule has 3 rings (SSSR count). The van der Waals surface area contributed by atoms with Crippen LogP contribution in [0.3, 0.4) is 0 Å². The van der Waals surface area contributed by atoms with Gasteiger partial charge in [0.25, 0.3) is 0 Å². The zero-order valence-electron chi connectivity index (χ0n) is 18.0. The van der Waals surface area contributed by atoms with E-state index in [-0.39, 0.29) is 0 Å². The first-order valence-corrected chi connectivity index (χ1v) is 11.6. The number of guanidine groups is 1. The third-order valence-electron chi connectivity index (χ3n) is 6.69. The van der Waals surface area contributed by atoms with Crippen LogP contribution in [0.5, 0.6) is 0 Å². The average molecular weight is 396 g/mol. The molecule has 1 heterocycles. The van der Waals surface area contributed by atoms with Crippen LogP contribution < -0.4 is 10.6 Å². The number of nitrogens with zero attached hydrogens (tertiary/aromatic N) is 1. The molecule has 1 spiro atoms. The molecule has 6 nitrogen and oxygen atoms in total. The van der Waals surface area contributed by atoms with Gasteiger partial charge >= 0.3 is 0 Å². The van der Waals surface area contributed by atoms with Gasteiger partial charge in [-0.15, -0.1) is 0 Å².